The molecule has 0 unspecified atom stereocenters. The Morgan fingerprint density at radius 1 is 0.400 bits per heavy atom. The van der Waals surface area contributed by atoms with Crippen LogP contribution in [-0.2, 0) is 5.41 Å². The molecule has 0 atom stereocenters. The van der Waals surface area contributed by atoms with Crippen LogP contribution in [0.3, 0.4) is 0 Å². The highest BCUT2D eigenvalue weighted by atomic mass is 32.1. The van der Waals surface area contributed by atoms with Crippen molar-refractivity contribution < 1.29 is 0 Å². The van der Waals surface area contributed by atoms with Gasteiger partial charge in [-0.3, -0.25) is 0 Å². The highest BCUT2D eigenvalue weighted by molar-refractivity contribution is 7.25. The van der Waals surface area contributed by atoms with Gasteiger partial charge in [0.2, 0.25) is 0 Å². The van der Waals surface area contributed by atoms with E-state index in [1.165, 1.54) is 64.3 Å². The van der Waals surface area contributed by atoms with E-state index in [9.17, 15) is 0 Å². The molecule has 0 bridgehead atoms. The van der Waals surface area contributed by atoms with Gasteiger partial charge in [-0.15, -0.1) is 11.3 Å². The molecule has 14 rings (SSSR count). The van der Waals surface area contributed by atoms with Crippen molar-refractivity contribution in [2.45, 2.75) is 19.3 Å². The summed E-state index contributed by atoms with van der Waals surface area (Å²) in [4.78, 5) is 13.0. The van der Waals surface area contributed by atoms with Crippen LogP contribution in [0, 0.1) is 0 Å². The van der Waals surface area contributed by atoms with Crippen LogP contribution in [0.4, 0.5) is 17.1 Å². The van der Waals surface area contributed by atoms with Crippen LogP contribution in [0.25, 0.3) is 103 Å². The number of rotatable bonds is 7. The summed E-state index contributed by atoms with van der Waals surface area (Å²) in [6.45, 7) is 4.70. The zero-order valence-corrected chi connectivity index (χ0v) is 39.5. The second kappa shape index (κ2) is 15.7. The topological polar surface area (TPSA) is 34.0 Å². The van der Waals surface area contributed by atoms with E-state index in [1.54, 1.807) is 0 Å². The van der Waals surface area contributed by atoms with Gasteiger partial charge < -0.3 is 9.47 Å². The number of fused-ring (bicyclic) bond motifs is 10. The fourth-order valence-corrected chi connectivity index (χ4v) is 12.3. The molecule has 3 heterocycles. The maximum absolute atomic E-state index is 5.37. The van der Waals surface area contributed by atoms with E-state index in [0.29, 0.717) is 5.82 Å². The highest BCUT2D eigenvalue weighted by Crippen LogP contribution is 2.51. The Bertz CT molecular complexity index is 4220. The fourth-order valence-electron chi connectivity index (χ4n) is 11.2. The summed E-state index contributed by atoms with van der Waals surface area (Å²) < 4.78 is 5.00. The van der Waals surface area contributed by atoms with Crippen LogP contribution in [0.1, 0.15) is 25.0 Å². The molecule has 70 heavy (non-hydrogen) atoms. The Labute approximate surface area is 410 Å². The van der Waals surface area contributed by atoms with Crippen molar-refractivity contribution in [3.63, 3.8) is 0 Å². The van der Waals surface area contributed by atoms with Crippen molar-refractivity contribution in [2.75, 3.05) is 4.90 Å². The standard InChI is InChI=1S/C65H44N4S/c1-65(2)56-23-10-6-19-49(56)54-39-47(32-35-57(54)65)68(48-33-36-62-55(40-48)52-21-9-13-26-61(52)70-62)45-17-14-18-46(38-45)69-59-25-12-8-20-50(59)51-34-31-44(37-60(51)69)64-66-58-24-11-7-22-53(58)63(67-64)43-29-27-42(28-30-43)41-15-4-3-5-16-41/h3-40H,1-2H3. The Kier molecular flexibility index (Phi) is 9.07. The maximum atomic E-state index is 5.37. The second-order valence-corrected chi connectivity index (χ2v) is 20.1. The zero-order valence-electron chi connectivity index (χ0n) is 38.6. The number of thiophene rings is 1. The average molecular weight is 913 g/mol. The summed E-state index contributed by atoms with van der Waals surface area (Å²) in [5.41, 5.74) is 18.0. The molecule has 330 valence electrons. The van der Waals surface area contributed by atoms with Crippen LogP contribution in [0.15, 0.2) is 231 Å². The summed E-state index contributed by atoms with van der Waals surface area (Å²) in [7, 11) is 0. The van der Waals surface area contributed by atoms with Crippen molar-refractivity contribution in [1.82, 2.24) is 14.5 Å². The van der Waals surface area contributed by atoms with Crippen molar-refractivity contribution >= 4 is 81.3 Å². The van der Waals surface area contributed by atoms with E-state index in [1.807, 2.05) is 11.3 Å². The molecule has 0 N–H and O–H groups in total. The third-order valence-electron chi connectivity index (χ3n) is 14.6. The first-order valence-corrected chi connectivity index (χ1v) is 24.8. The molecule has 0 radical (unpaired) electrons. The Balaban J connectivity index is 0.937. The highest BCUT2D eigenvalue weighted by Gasteiger charge is 2.35. The quantitative estimate of drug-likeness (QED) is 0.160. The summed E-state index contributed by atoms with van der Waals surface area (Å²) in [5.74, 6) is 0.692. The van der Waals surface area contributed by atoms with Gasteiger partial charge in [0.05, 0.1) is 22.2 Å². The van der Waals surface area contributed by atoms with Gasteiger partial charge in [0.1, 0.15) is 0 Å². The number of hydrogen-bond donors (Lipinski definition) is 0. The minimum atomic E-state index is -0.0906. The van der Waals surface area contributed by atoms with Gasteiger partial charge in [0.15, 0.2) is 5.82 Å². The molecule has 0 saturated carbocycles. The molecule has 4 nitrogen and oxygen atoms in total. The predicted molar refractivity (Wildman–Crippen MR) is 295 cm³/mol. The predicted octanol–water partition coefficient (Wildman–Crippen LogP) is 17.9. The summed E-state index contributed by atoms with van der Waals surface area (Å²) >= 11 is 1.85. The van der Waals surface area contributed by atoms with Gasteiger partial charge in [-0.05, 0) is 106 Å². The number of para-hydroxylation sites is 2. The minimum Gasteiger partial charge on any atom is -0.310 e. The Morgan fingerprint density at radius 2 is 1.04 bits per heavy atom. The zero-order chi connectivity index (χ0) is 46.5. The van der Waals surface area contributed by atoms with Crippen LogP contribution in [0.2, 0.25) is 0 Å². The van der Waals surface area contributed by atoms with E-state index in [4.69, 9.17) is 9.97 Å². The smallest absolute Gasteiger partial charge is 0.160 e. The van der Waals surface area contributed by atoms with Gasteiger partial charge in [-0.2, -0.15) is 0 Å². The first-order chi connectivity index (χ1) is 34.4. The van der Waals surface area contributed by atoms with Gasteiger partial charge >= 0.3 is 0 Å². The van der Waals surface area contributed by atoms with Crippen molar-refractivity contribution in [1.29, 1.82) is 0 Å². The van der Waals surface area contributed by atoms with Crippen molar-refractivity contribution in [3.8, 4) is 50.6 Å². The molecule has 13 aromatic rings. The van der Waals surface area contributed by atoms with Gasteiger partial charge in [0.25, 0.3) is 0 Å². The minimum absolute atomic E-state index is 0.0906. The average Bonchev–Trinajstić information content (AvgIpc) is 4.03. The molecule has 0 saturated heterocycles. The Morgan fingerprint density at radius 3 is 1.93 bits per heavy atom. The Hall–Kier alpha value is -8.64. The molecule has 5 heteroatoms. The molecular formula is C65H44N4S. The van der Waals surface area contributed by atoms with Gasteiger partial charge in [0, 0.05) is 75.6 Å². The largest absolute Gasteiger partial charge is 0.310 e. The fraction of sp³-hybridized carbons (Fsp3) is 0.0462. The monoisotopic (exact) mass is 912 g/mol. The summed E-state index contributed by atoms with van der Waals surface area (Å²) in [5, 5.41) is 5.95. The van der Waals surface area contributed by atoms with E-state index >= 15 is 0 Å². The lowest BCUT2D eigenvalue weighted by atomic mass is 9.82. The molecule has 0 aliphatic heterocycles. The normalized spacial score (nSPS) is 12.8. The SMILES string of the molecule is CC1(C)c2ccccc2-c2cc(N(c3cccc(-n4c5ccccc5c5ccc(-c6nc(-c7ccc(-c8ccccc8)cc7)c7ccccc7n6)cc54)c3)c3ccc4sc5ccccc5c4c3)ccc21. The van der Waals surface area contributed by atoms with E-state index in [2.05, 4.69) is 254 Å². The second-order valence-electron chi connectivity index (χ2n) is 19.0. The van der Waals surface area contributed by atoms with E-state index in [-0.39, 0.29) is 5.41 Å². The van der Waals surface area contributed by atoms with Gasteiger partial charge in [-0.1, -0.05) is 172 Å². The summed E-state index contributed by atoms with van der Waals surface area (Å²) in [6.07, 6.45) is 0. The number of benzene rings is 10. The first kappa shape index (κ1) is 40.4. The lowest BCUT2D eigenvalue weighted by Crippen LogP contribution is -2.15. The van der Waals surface area contributed by atoms with E-state index < -0.39 is 0 Å². The molecule has 1 aliphatic carbocycles. The van der Waals surface area contributed by atoms with Crippen molar-refractivity contribution in [2.24, 2.45) is 0 Å². The molecule has 0 fully saturated rings. The summed E-state index contributed by atoms with van der Waals surface area (Å²) in [6, 6.07) is 83.8. The molecular weight excluding hydrogens is 869 g/mol. The number of nitrogens with zero attached hydrogens (tertiary/aromatic N) is 4. The van der Waals surface area contributed by atoms with Crippen LogP contribution in [0.5, 0.6) is 0 Å². The number of hydrogen-bond acceptors (Lipinski definition) is 4. The number of aromatic nitrogens is 3. The molecule has 0 spiro atoms. The van der Waals surface area contributed by atoms with Gasteiger partial charge in [-0.25, -0.2) is 9.97 Å². The molecule has 10 aromatic carbocycles. The van der Waals surface area contributed by atoms with Crippen LogP contribution >= 0.6 is 11.3 Å². The van der Waals surface area contributed by atoms with Crippen molar-refractivity contribution in [3.05, 3.63) is 242 Å². The lowest BCUT2D eigenvalue weighted by Gasteiger charge is -2.28. The molecule has 1 aliphatic rings. The lowest BCUT2D eigenvalue weighted by molar-refractivity contribution is 0.660. The first-order valence-electron chi connectivity index (χ1n) is 24.0. The number of anilines is 3. The molecule has 3 aromatic heterocycles. The third kappa shape index (κ3) is 6.36. The van der Waals surface area contributed by atoms with Crippen LogP contribution < -0.4 is 4.90 Å². The van der Waals surface area contributed by atoms with E-state index in [0.717, 1.165) is 61.5 Å². The third-order valence-corrected chi connectivity index (χ3v) is 15.7. The van der Waals surface area contributed by atoms with Crippen LogP contribution in [-0.4, -0.2) is 14.5 Å². The maximum Gasteiger partial charge on any atom is 0.160 e. The molecule has 0 amide bonds.